The Kier molecular flexibility index (Phi) is 2.12. The average molecular weight is 283 g/mol. The van der Waals surface area contributed by atoms with Gasteiger partial charge in [-0.1, -0.05) is 12.2 Å². The van der Waals surface area contributed by atoms with Gasteiger partial charge in [-0.05, 0) is 42.5 Å². The fourth-order valence-electron chi connectivity index (χ4n) is 4.57. The highest BCUT2D eigenvalue weighted by Crippen LogP contribution is 2.53. The van der Waals surface area contributed by atoms with Gasteiger partial charge in [0.2, 0.25) is 12.7 Å². The zero-order valence-electron chi connectivity index (χ0n) is 11.8. The first-order valence-corrected chi connectivity index (χ1v) is 7.67. The van der Waals surface area contributed by atoms with Gasteiger partial charge >= 0.3 is 0 Å². The molecule has 0 saturated carbocycles. The van der Waals surface area contributed by atoms with Crippen LogP contribution < -0.4 is 9.47 Å². The van der Waals surface area contributed by atoms with E-state index >= 15 is 0 Å². The van der Waals surface area contributed by atoms with Crippen LogP contribution in [0.15, 0.2) is 24.3 Å². The minimum atomic E-state index is -0.0178. The number of amides is 1. The molecule has 1 fully saturated rings. The maximum absolute atomic E-state index is 12.3. The Balaban J connectivity index is 1.70. The minimum absolute atomic E-state index is 0.0178. The second kappa shape index (κ2) is 3.81. The molecule has 2 atom stereocenters. The third kappa shape index (κ3) is 1.38. The molecule has 1 saturated heterocycles. The maximum Gasteiger partial charge on any atom is 0.231 e. The number of hydrogen-bond donors (Lipinski definition) is 0. The van der Waals surface area contributed by atoms with Crippen molar-refractivity contribution in [3.8, 4) is 11.5 Å². The Bertz CT molecular complexity index is 681. The van der Waals surface area contributed by atoms with Crippen LogP contribution in [0.25, 0.3) is 0 Å². The summed E-state index contributed by atoms with van der Waals surface area (Å²) in [6, 6.07) is 4.26. The molecule has 1 aromatic carbocycles. The number of carbonyl (C=O) groups is 1. The van der Waals surface area contributed by atoms with E-state index in [2.05, 4.69) is 29.2 Å². The molecule has 21 heavy (non-hydrogen) atoms. The summed E-state index contributed by atoms with van der Waals surface area (Å²) in [6.07, 6.45) is 8.09. The van der Waals surface area contributed by atoms with Crippen LogP contribution in [0.2, 0.25) is 0 Å². The zero-order chi connectivity index (χ0) is 14.0. The number of benzene rings is 1. The van der Waals surface area contributed by atoms with Crippen molar-refractivity contribution in [2.75, 3.05) is 13.3 Å². The van der Waals surface area contributed by atoms with Crippen LogP contribution in [0.4, 0.5) is 0 Å². The highest BCUT2D eigenvalue weighted by molar-refractivity contribution is 5.81. The molecule has 108 valence electrons. The van der Waals surface area contributed by atoms with Gasteiger partial charge in [-0.15, -0.1) is 0 Å². The normalized spacial score (nSPS) is 31.9. The molecule has 0 radical (unpaired) electrons. The molecule has 0 bridgehead atoms. The van der Waals surface area contributed by atoms with Gasteiger partial charge in [0.15, 0.2) is 11.5 Å². The first kappa shape index (κ1) is 11.7. The lowest BCUT2D eigenvalue weighted by atomic mass is 9.79. The van der Waals surface area contributed by atoms with E-state index in [4.69, 9.17) is 9.47 Å². The van der Waals surface area contributed by atoms with Crippen LogP contribution in [0.5, 0.6) is 11.5 Å². The number of hydrogen-bond acceptors (Lipinski definition) is 3. The van der Waals surface area contributed by atoms with Gasteiger partial charge < -0.3 is 14.4 Å². The molecule has 0 aromatic heterocycles. The molecule has 5 rings (SSSR count). The first-order valence-electron chi connectivity index (χ1n) is 7.67. The van der Waals surface area contributed by atoms with Crippen LogP contribution in [0, 0.1) is 0 Å². The van der Waals surface area contributed by atoms with Gasteiger partial charge in [0.1, 0.15) is 0 Å². The van der Waals surface area contributed by atoms with E-state index in [0.717, 1.165) is 37.3 Å². The molecule has 2 unspecified atom stereocenters. The topological polar surface area (TPSA) is 38.8 Å². The summed E-state index contributed by atoms with van der Waals surface area (Å²) >= 11 is 0. The van der Waals surface area contributed by atoms with Crippen molar-refractivity contribution in [2.24, 2.45) is 0 Å². The monoisotopic (exact) mass is 283 g/mol. The van der Waals surface area contributed by atoms with Gasteiger partial charge in [0.05, 0.1) is 5.54 Å². The lowest BCUT2D eigenvalue weighted by Crippen LogP contribution is -2.47. The Labute approximate surface area is 123 Å². The van der Waals surface area contributed by atoms with E-state index in [1.807, 2.05) is 0 Å². The molecule has 0 N–H and O–H groups in total. The summed E-state index contributed by atoms with van der Waals surface area (Å²) in [6.45, 7) is 1.14. The molecule has 4 aliphatic rings. The molecule has 1 aromatic rings. The van der Waals surface area contributed by atoms with Crippen LogP contribution in [0.1, 0.15) is 36.3 Å². The molecule has 3 aliphatic heterocycles. The van der Waals surface area contributed by atoms with Crippen molar-refractivity contribution in [3.05, 3.63) is 35.4 Å². The van der Waals surface area contributed by atoms with Crippen molar-refractivity contribution in [1.29, 1.82) is 0 Å². The highest BCUT2D eigenvalue weighted by Gasteiger charge is 2.53. The summed E-state index contributed by atoms with van der Waals surface area (Å²) in [5, 5.41) is 0. The lowest BCUT2D eigenvalue weighted by molar-refractivity contribution is -0.131. The van der Waals surface area contributed by atoms with E-state index < -0.39 is 0 Å². The van der Waals surface area contributed by atoms with Crippen molar-refractivity contribution in [1.82, 2.24) is 4.90 Å². The van der Waals surface area contributed by atoms with E-state index in [1.54, 1.807) is 0 Å². The predicted molar refractivity (Wildman–Crippen MR) is 76.4 cm³/mol. The van der Waals surface area contributed by atoms with Crippen LogP contribution >= 0.6 is 0 Å². The average Bonchev–Trinajstić information content (AvgIpc) is 3.16. The molecule has 4 nitrogen and oxygen atoms in total. The lowest BCUT2D eigenvalue weighted by Gasteiger charge is -2.38. The molecule has 1 aliphatic carbocycles. The Morgan fingerprint density at radius 1 is 1.19 bits per heavy atom. The summed E-state index contributed by atoms with van der Waals surface area (Å²) in [5.74, 6) is 2.31. The number of carbonyl (C=O) groups excluding carboxylic acids is 1. The molecule has 4 heteroatoms. The van der Waals surface area contributed by atoms with Gasteiger partial charge in [-0.2, -0.15) is 0 Å². The van der Waals surface area contributed by atoms with Crippen LogP contribution in [-0.2, 0) is 11.2 Å². The SMILES string of the molecule is O=C1CCC23CC=CC2c2cc4c(cc2CCN13)OCO4. The van der Waals surface area contributed by atoms with Crippen LogP contribution in [-0.4, -0.2) is 29.7 Å². The summed E-state index contributed by atoms with van der Waals surface area (Å²) in [4.78, 5) is 14.4. The summed E-state index contributed by atoms with van der Waals surface area (Å²) in [5.41, 5.74) is 2.61. The number of nitrogens with zero attached hydrogens (tertiary/aromatic N) is 1. The molecular formula is C17H17NO3. The van der Waals surface area contributed by atoms with E-state index in [1.165, 1.54) is 11.1 Å². The number of rotatable bonds is 0. The van der Waals surface area contributed by atoms with Gasteiger partial charge in [-0.25, -0.2) is 0 Å². The van der Waals surface area contributed by atoms with Crippen molar-refractivity contribution in [3.63, 3.8) is 0 Å². The Hall–Kier alpha value is -1.97. The van der Waals surface area contributed by atoms with Gasteiger partial charge in [-0.3, -0.25) is 4.79 Å². The van der Waals surface area contributed by atoms with E-state index in [0.29, 0.717) is 25.0 Å². The summed E-state index contributed by atoms with van der Waals surface area (Å²) < 4.78 is 11.1. The molecular weight excluding hydrogens is 266 g/mol. The standard InChI is InChI=1S/C17H17NO3/c19-16-3-6-17-5-1-2-13(17)12-9-15-14(20-10-21-15)8-11(12)4-7-18(16)17/h1-2,8-9,13H,3-7,10H2. The Morgan fingerprint density at radius 2 is 2.05 bits per heavy atom. The minimum Gasteiger partial charge on any atom is -0.454 e. The largest absolute Gasteiger partial charge is 0.454 e. The third-order valence-corrected chi connectivity index (χ3v) is 5.56. The van der Waals surface area contributed by atoms with Gasteiger partial charge in [0, 0.05) is 18.9 Å². The second-order valence-electron chi connectivity index (χ2n) is 6.41. The van der Waals surface area contributed by atoms with Crippen molar-refractivity contribution in [2.45, 2.75) is 37.1 Å². The van der Waals surface area contributed by atoms with E-state index in [9.17, 15) is 4.79 Å². The highest BCUT2D eigenvalue weighted by atomic mass is 16.7. The quantitative estimate of drug-likeness (QED) is 0.686. The maximum atomic E-state index is 12.3. The fraction of sp³-hybridized carbons (Fsp3) is 0.471. The Morgan fingerprint density at radius 3 is 2.95 bits per heavy atom. The zero-order valence-corrected chi connectivity index (χ0v) is 11.8. The number of ether oxygens (including phenoxy) is 2. The fourth-order valence-corrected chi connectivity index (χ4v) is 4.57. The molecule has 3 heterocycles. The molecule has 1 spiro atoms. The van der Waals surface area contributed by atoms with Crippen LogP contribution in [0.3, 0.4) is 0 Å². The third-order valence-electron chi connectivity index (χ3n) is 5.56. The molecule has 1 amide bonds. The summed E-state index contributed by atoms with van der Waals surface area (Å²) in [7, 11) is 0. The smallest absolute Gasteiger partial charge is 0.231 e. The first-order chi connectivity index (χ1) is 10.3. The van der Waals surface area contributed by atoms with Crippen molar-refractivity contribution < 1.29 is 14.3 Å². The van der Waals surface area contributed by atoms with E-state index in [-0.39, 0.29) is 5.54 Å². The second-order valence-corrected chi connectivity index (χ2v) is 6.41. The van der Waals surface area contributed by atoms with Crippen molar-refractivity contribution >= 4 is 5.91 Å². The number of fused-ring (bicyclic) bond motifs is 3. The van der Waals surface area contributed by atoms with Gasteiger partial charge in [0.25, 0.3) is 0 Å². The predicted octanol–water partition coefficient (Wildman–Crippen LogP) is 2.38.